The Morgan fingerprint density at radius 3 is 0.968 bits per heavy atom. The number of rotatable bonds is 47. The van der Waals surface area contributed by atoms with Crippen molar-refractivity contribution in [2.75, 3.05) is 13.2 Å². The van der Waals surface area contributed by atoms with E-state index in [4.69, 9.17) is 14.2 Å². The van der Waals surface area contributed by atoms with E-state index in [2.05, 4.69) is 93.7 Å². The van der Waals surface area contributed by atoms with Crippen molar-refractivity contribution >= 4 is 17.9 Å². The first-order valence-corrected chi connectivity index (χ1v) is 26.4. The maximum absolute atomic E-state index is 12.8. The van der Waals surface area contributed by atoms with Crippen LogP contribution in [0.25, 0.3) is 0 Å². The van der Waals surface area contributed by atoms with E-state index in [1.165, 1.54) is 103 Å². The fourth-order valence-electron chi connectivity index (χ4n) is 7.29. The summed E-state index contributed by atoms with van der Waals surface area (Å²) in [5.41, 5.74) is 0. The van der Waals surface area contributed by atoms with Gasteiger partial charge in [-0.05, 0) is 83.5 Å². The topological polar surface area (TPSA) is 78.9 Å². The van der Waals surface area contributed by atoms with E-state index in [-0.39, 0.29) is 37.5 Å². The fourth-order valence-corrected chi connectivity index (χ4v) is 7.29. The van der Waals surface area contributed by atoms with Crippen molar-refractivity contribution in [3.63, 3.8) is 0 Å². The molecule has 0 radical (unpaired) electrons. The van der Waals surface area contributed by atoms with Crippen LogP contribution in [0.1, 0.15) is 252 Å². The second-order valence-electron chi connectivity index (χ2n) is 17.4. The SMILES string of the molecule is CC/C=C\C/C=C\C/C=C\CCCCCC(=O)OCC(COC(=O)CCCCCCCCCCCCCCCCCCCCC)OC(=O)CCCCC/C=C\C/C=C\C/C=C\CC. The molecule has 1 atom stereocenters. The van der Waals surface area contributed by atoms with Gasteiger partial charge in [0.1, 0.15) is 13.2 Å². The van der Waals surface area contributed by atoms with Gasteiger partial charge in [0.05, 0.1) is 0 Å². The highest BCUT2D eigenvalue weighted by Crippen LogP contribution is 2.16. The Hall–Kier alpha value is -3.15. The Morgan fingerprint density at radius 1 is 0.333 bits per heavy atom. The molecule has 0 bridgehead atoms. The third-order valence-corrected chi connectivity index (χ3v) is 11.2. The van der Waals surface area contributed by atoms with Crippen molar-refractivity contribution in [3.8, 4) is 0 Å². The summed E-state index contributed by atoms with van der Waals surface area (Å²) in [7, 11) is 0. The van der Waals surface area contributed by atoms with Gasteiger partial charge >= 0.3 is 17.9 Å². The standard InChI is InChI=1S/C57H98O6/c1-4-7-10-13-16-19-22-25-26-27-28-29-30-33-35-38-41-44-47-50-56(59)62-53-54(63-57(60)51-48-45-42-39-36-32-24-21-18-15-12-9-6-3)52-61-55(58)49-46-43-40-37-34-31-23-20-17-14-11-8-5-2/h8-9,11-12,17-18,20-21,31-32,34,36,54H,4-7,10,13-16,19,22-30,33,35,37-53H2,1-3H3/b11-8-,12-9-,20-17-,21-18-,34-31-,36-32-. The third-order valence-electron chi connectivity index (χ3n) is 11.2. The molecule has 0 saturated carbocycles. The highest BCUT2D eigenvalue weighted by molar-refractivity contribution is 5.71. The molecule has 0 aliphatic heterocycles. The monoisotopic (exact) mass is 879 g/mol. The Bertz CT molecular complexity index is 1190. The van der Waals surface area contributed by atoms with Crippen LogP contribution in [0.3, 0.4) is 0 Å². The molecule has 0 aromatic rings. The quantitative estimate of drug-likeness (QED) is 0.0262. The minimum absolute atomic E-state index is 0.0952. The molecular formula is C57H98O6. The lowest BCUT2D eigenvalue weighted by molar-refractivity contribution is -0.167. The average Bonchev–Trinajstić information content (AvgIpc) is 3.28. The number of ether oxygens (including phenoxy) is 3. The lowest BCUT2D eigenvalue weighted by Crippen LogP contribution is -2.30. The normalized spacial score (nSPS) is 12.6. The van der Waals surface area contributed by atoms with E-state index in [1.807, 2.05) is 0 Å². The van der Waals surface area contributed by atoms with Gasteiger partial charge in [0.15, 0.2) is 6.10 Å². The summed E-state index contributed by atoms with van der Waals surface area (Å²) < 4.78 is 16.8. The molecule has 0 aromatic carbocycles. The summed E-state index contributed by atoms with van der Waals surface area (Å²) in [4.78, 5) is 38.0. The van der Waals surface area contributed by atoms with Crippen LogP contribution in [-0.4, -0.2) is 37.2 Å². The van der Waals surface area contributed by atoms with Crippen molar-refractivity contribution in [1.29, 1.82) is 0 Å². The van der Waals surface area contributed by atoms with E-state index in [0.717, 1.165) is 109 Å². The summed E-state index contributed by atoms with van der Waals surface area (Å²) in [6.07, 6.45) is 64.7. The molecule has 0 rings (SSSR count). The van der Waals surface area contributed by atoms with E-state index in [1.54, 1.807) is 0 Å². The average molecular weight is 879 g/mol. The van der Waals surface area contributed by atoms with Gasteiger partial charge in [0, 0.05) is 19.3 Å². The van der Waals surface area contributed by atoms with Gasteiger partial charge in [-0.1, -0.05) is 222 Å². The van der Waals surface area contributed by atoms with Gasteiger partial charge in [-0.2, -0.15) is 0 Å². The largest absolute Gasteiger partial charge is 0.462 e. The number of carbonyl (C=O) groups excluding carboxylic acids is 3. The van der Waals surface area contributed by atoms with Crippen LogP contribution < -0.4 is 0 Å². The molecule has 0 aliphatic rings. The highest BCUT2D eigenvalue weighted by atomic mass is 16.6. The minimum Gasteiger partial charge on any atom is -0.462 e. The Balaban J connectivity index is 4.38. The van der Waals surface area contributed by atoms with Crippen molar-refractivity contribution in [2.45, 2.75) is 258 Å². The smallest absolute Gasteiger partial charge is 0.306 e. The Morgan fingerprint density at radius 2 is 0.619 bits per heavy atom. The van der Waals surface area contributed by atoms with Gasteiger partial charge in [0.2, 0.25) is 0 Å². The molecule has 0 fully saturated rings. The number of hydrogen-bond donors (Lipinski definition) is 0. The zero-order chi connectivity index (χ0) is 45.8. The minimum atomic E-state index is -0.800. The molecule has 0 amide bonds. The predicted molar refractivity (Wildman–Crippen MR) is 270 cm³/mol. The second kappa shape index (κ2) is 51.5. The second-order valence-corrected chi connectivity index (χ2v) is 17.4. The van der Waals surface area contributed by atoms with Crippen molar-refractivity contribution in [3.05, 3.63) is 72.9 Å². The lowest BCUT2D eigenvalue weighted by atomic mass is 10.0. The number of hydrogen-bond acceptors (Lipinski definition) is 6. The first-order chi connectivity index (χ1) is 31.0. The number of esters is 3. The maximum Gasteiger partial charge on any atom is 0.306 e. The summed E-state index contributed by atoms with van der Waals surface area (Å²) in [6.45, 7) is 6.37. The van der Waals surface area contributed by atoms with Crippen LogP contribution in [0.2, 0.25) is 0 Å². The molecule has 0 saturated heterocycles. The molecular weight excluding hydrogens is 781 g/mol. The van der Waals surface area contributed by atoms with Gasteiger partial charge in [0.25, 0.3) is 0 Å². The van der Waals surface area contributed by atoms with Crippen LogP contribution >= 0.6 is 0 Å². The van der Waals surface area contributed by atoms with Crippen LogP contribution in [0, 0.1) is 0 Å². The van der Waals surface area contributed by atoms with Crippen molar-refractivity contribution in [2.24, 2.45) is 0 Å². The number of carbonyl (C=O) groups is 3. The zero-order valence-electron chi connectivity index (χ0n) is 41.3. The van der Waals surface area contributed by atoms with Gasteiger partial charge < -0.3 is 14.2 Å². The van der Waals surface area contributed by atoms with Crippen LogP contribution in [-0.2, 0) is 28.6 Å². The van der Waals surface area contributed by atoms with Gasteiger partial charge in [-0.3, -0.25) is 14.4 Å². The molecule has 0 spiro atoms. The van der Waals surface area contributed by atoms with Gasteiger partial charge in [-0.25, -0.2) is 0 Å². The van der Waals surface area contributed by atoms with E-state index >= 15 is 0 Å². The third kappa shape index (κ3) is 49.7. The molecule has 1 unspecified atom stereocenters. The van der Waals surface area contributed by atoms with Crippen LogP contribution in [0.4, 0.5) is 0 Å². The van der Waals surface area contributed by atoms with Crippen LogP contribution in [0.5, 0.6) is 0 Å². The number of unbranched alkanes of at least 4 members (excludes halogenated alkanes) is 24. The van der Waals surface area contributed by atoms with E-state index in [9.17, 15) is 14.4 Å². The highest BCUT2D eigenvalue weighted by Gasteiger charge is 2.19. The molecule has 6 nitrogen and oxygen atoms in total. The summed E-state index contributed by atoms with van der Waals surface area (Å²) >= 11 is 0. The molecule has 0 heterocycles. The Kier molecular flexibility index (Phi) is 48.9. The predicted octanol–water partition coefficient (Wildman–Crippen LogP) is 17.4. The molecule has 6 heteroatoms. The molecule has 0 aromatic heterocycles. The van der Waals surface area contributed by atoms with Crippen molar-refractivity contribution in [1.82, 2.24) is 0 Å². The zero-order valence-corrected chi connectivity index (χ0v) is 41.3. The molecule has 0 N–H and O–H groups in total. The molecule has 362 valence electrons. The fraction of sp³-hybridized carbons (Fsp3) is 0.737. The first-order valence-electron chi connectivity index (χ1n) is 26.4. The lowest BCUT2D eigenvalue weighted by Gasteiger charge is -2.18. The van der Waals surface area contributed by atoms with Crippen LogP contribution in [0.15, 0.2) is 72.9 Å². The Labute approximate surface area is 389 Å². The maximum atomic E-state index is 12.8. The summed E-state index contributed by atoms with van der Waals surface area (Å²) in [5, 5.41) is 0. The van der Waals surface area contributed by atoms with Crippen molar-refractivity contribution < 1.29 is 28.6 Å². The number of allylic oxidation sites excluding steroid dienone is 12. The summed E-state index contributed by atoms with van der Waals surface area (Å²) in [6, 6.07) is 0. The molecule has 63 heavy (non-hydrogen) atoms. The van der Waals surface area contributed by atoms with E-state index in [0.29, 0.717) is 12.8 Å². The van der Waals surface area contributed by atoms with E-state index < -0.39 is 6.10 Å². The summed E-state index contributed by atoms with van der Waals surface area (Å²) in [5.74, 6) is -0.952. The van der Waals surface area contributed by atoms with Gasteiger partial charge in [-0.15, -0.1) is 0 Å². The molecule has 0 aliphatic carbocycles. The first kappa shape index (κ1) is 59.9.